The molecule has 0 radical (unpaired) electrons. The monoisotopic (exact) mass is 282 g/mol. The van der Waals surface area contributed by atoms with Crippen molar-refractivity contribution in [3.63, 3.8) is 0 Å². The zero-order valence-corrected chi connectivity index (χ0v) is 11.8. The number of aryl methyl sites for hydroxylation is 2. The molecule has 1 aromatic carbocycles. The fourth-order valence-electron chi connectivity index (χ4n) is 2.35. The molecule has 2 heterocycles. The molecule has 0 aliphatic rings. The topological polar surface area (TPSA) is 56.7 Å². The van der Waals surface area contributed by atoms with Crippen molar-refractivity contribution in [3.8, 4) is 22.4 Å². The minimum absolute atomic E-state index is 0.311. The van der Waals surface area contributed by atoms with E-state index in [1.165, 1.54) is 6.07 Å². The van der Waals surface area contributed by atoms with E-state index in [1.54, 1.807) is 36.3 Å². The van der Waals surface area contributed by atoms with Crippen LogP contribution in [0, 0.1) is 12.7 Å². The van der Waals surface area contributed by atoms with Crippen LogP contribution < -0.4 is 5.73 Å². The summed E-state index contributed by atoms with van der Waals surface area (Å²) >= 11 is 0. The molecule has 5 heteroatoms. The number of benzene rings is 1. The van der Waals surface area contributed by atoms with E-state index in [4.69, 9.17) is 5.73 Å². The summed E-state index contributed by atoms with van der Waals surface area (Å²) < 4.78 is 15.8. The Morgan fingerprint density at radius 2 is 1.86 bits per heavy atom. The maximum atomic E-state index is 14.2. The van der Waals surface area contributed by atoms with Crippen molar-refractivity contribution in [1.82, 2.24) is 14.8 Å². The molecule has 3 rings (SSSR count). The molecule has 21 heavy (non-hydrogen) atoms. The Morgan fingerprint density at radius 3 is 2.57 bits per heavy atom. The van der Waals surface area contributed by atoms with Crippen molar-refractivity contribution in [1.29, 1.82) is 0 Å². The Bertz CT molecular complexity index is 794. The highest BCUT2D eigenvalue weighted by atomic mass is 19.1. The molecule has 3 aromatic rings. The van der Waals surface area contributed by atoms with Gasteiger partial charge in [-0.15, -0.1) is 0 Å². The number of rotatable bonds is 2. The molecular formula is C16H15FN4. The van der Waals surface area contributed by atoms with Gasteiger partial charge in [0.15, 0.2) is 0 Å². The lowest BCUT2D eigenvalue weighted by Crippen LogP contribution is -1.97. The van der Waals surface area contributed by atoms with Crippen LogP contribution >= 0.6 is 0 Å². The Kier molecular flexibility index (Phi) is 3.17. The first-order valence-corrected chi connectivity index (χ1v) is 6.57. The van der Waals surface area contributed by atoms with Crippen LogP contribution in [0.15, 0.2) is 42.7 Å². The molecule has 0 bridgehead atoms. The summed E-state index contributed by atoms with van der Waals surface area (Å²) in [4.78, 5) is 4.00. The van der Waals surface area contributed by atoms with Crippen LogP contribution in [0.3, 0.4) is 0 Å². The highest BCUT2D eigenvalue weighted by Gasteiger charge is 2.19. The number of halogens is 1. The van der Waals surface area contributed by atoms with Crippen LogP contribution in [-0.4, -0.2) is 14.8 Å². The van der Waals surface area contributed by atoms with Crippen molar-refractivity contribution in [3.05, 3.63) is 54.1 Å². The average Bonchev–Trinajstić information content (AvgIpc) is 2.78. The number of nitrogens with zero attached hydrogens (tertiary/aromatic N) is 3. The van der Waals surface area contributed by atoms with Crippen molar-refractivity contribution in [2.24, 2.45) is 7.05 Å². The predicted octanol–water partition coefficient (Wildman–Crippen LogP) is 3.18. The minimum atomic E-state index is -0.311. The van der Waals surface area contributed by atoms with Crippen LogP contribution in [0.2, 0.25) is 0 Å². The molecule has 106 valence electrons. The molecule has 0 saturated carbocycles. The minimum Gasteiger partial charge on any atom is -0.383 e. The van der Waals surface area contributed by atoms with Gasteiger partial charge in [-0.1, -0.05) is 11.6 Å². The van der Waals surface area contributed by atoms with Gasteiger partial charge in [0.2, 0.25) is 0 Å². The number of pyridine rings is 1. The van der Waals surface area contributed by atoms with Gasteiger partial charge in [-0.2, -0.15) is 5.10 Å². The Labute approximate surface area is 122 Å². The Morgan fingerprint density at radius 1 is 1.14 bits per heavy atom. The number of nitrogen functional groups attached to an aromatic ring is 1. The molecule has 4 nitrogen and oxygen atoms in total. The standard InChI is InChI=1S/C16H15FN4/c1-10-3-4-13(17)12(9-10)15-14(16(18)21(2)20-15)11-5-7-19-8-6-11/h3-9H,18H2,1-2H3. The first kappa shape index (κ1) is 13.3. The van der Waals surface area contributed by atoms with Gasteiger partial charge in [-0.25, -0.2) is 4.39 Å². The SMILES string of the molecule is Cc1ccc(F)c(-c2nn(C)c(N)c2-c2ccncc2)c1. The van der Waals surface area contributed by atoms with Gasteiger partial charge < -0.3 is 5.73 Å². The molecule has 0 aliphatic carbocycles. The quantitative estimate of drug-likeness (QED) is 0.785. The van der Waals surface area contributed by atoms with E-state index in [1.807, 2.05) is 19.1 Å². The van der Waals surface area contributed by atoms with Crippen molar-refractivity contribution in [2.45, 2.75) is 6.92 Å². The maximum absolute atomic E-state index is 14.2. The summed E-state index contributed by atoms with van der Waals surface area (Å²) in [6.45, 7) is 1.92. The van der Waals surface area contributed by atoms with Gasteiger partial charge in [0.25, 0.3) is 0 Å². The smallest absolute Gasteiger partial charge is 0.132 e. The van der Waals surface area contributed by atoms with Gasteiger partial charge in [0.1, 0.15) is 17.3 Å². The second-order valence-corrected chi connectivity index (χ2v) is 4.95. The largest absolute Gasteiger partial charge is 0.383 e. The molecule has 0 saturated heterocycles. The summed E-state index contributed by atoms with van der Waals surface area (Å²) in [5, 5.41) is 4.39. The summed E-state index contributed by atoms with van der Waals surface area (Å²) in [6, 6.07) is 8.64. The Hall–Kier alpha value is -2.69. The molecule has 0 fully saturated rings. The molecule has 0 aliphatic heterocycles. The van der Waals surface area contributed by atoms with Gasteiger partial charge in [-0.3, -0.25) is 9.67 Å². The van der Waals surface area contributed by atoms with E-state index in [2.05, 4.69) is 10.1 Å². The van der Waals surface area contributed by atoms with Crippen LogP contribution in [0.1, 0.15) is 5.56 Å². The average molecular weight is 282 g/mol. The first-order valence-electron chi connectivity index (χ1n) is 6.57. The second kappa shape index (κ2) is 5.01. The van der Waals surface area contributed by atoms with E-state index in [0.717, 1.165) is 16.7 Å². The number of hydrogen-bond donors (Lipinski definition) is 1. The molecule has 2 aromatic heterocycles. The number of anilines is 1. The maximum Gasteiger partial charge on any atom is 0.132 e. The fraction of sp³-hybridized carbons (Fsp3) is 0.125. The van der Waals surface area contributed by atoms with Crippen LogP contribution in [0.5, 0.6) is 0 Å². The predicted molar refractivity (Wildman–Crippen MR) is 81.0 cm³/mol. The Balaban J connectivity index is 2.29. The van der Waals surface area contributed by atoms with Gasteiger partial charge in [0.05, 0.1) is 5.56 Å². The lowest BCUT2D eigenvalue weighted by atomic mass is 10.00. The molecule has 0 amide bonds. The highest BCUT2D eigenvalue weighted by Crippen LogP contribution is 2.36. The highest BCUT2D eigenvalue weighted by molar-refractivity contribution is 5.88. The van der Waals surface area contributed by atoms with E-state index >= 15 is 0 Å². The normalized spacial score (nSPS) is 10.8. The van der Waals surface area contributed by atoms with E-state index < -0.39 is 0 Å². The van der Waals surface area contributed by atoms with Gasteiger partial charge in [-0.05, 0) is 36.8 Å². The molecule has 0 spiro atoms. The molecular weight excluding hydrogens is 267 g/mol. The lowest BCUT2D eigenvalue weighted by Gasteiger charge is -2.06. The van der Waals surface area contributed by atoms with E-state index in [-0.39, 0.29) is 5.82 Å². The van der Waals surface area contributed by atoms with E-state index in [9.17, 15) is 4.39 Å². The van der Waals surface area contributed by atoms with Crippen molar-refractivity contribution in [2.75, 3.05) is 5.73 Å². The zero-order chi connectivity index (χ0) is 15.0. The second-order valence-electron chi connectivity index (χ2n) is 4.95. The van der Waals surface area contributed by atoms with Gasteiger partial charge in [0, 0.05) is 25.0 Å². The number of hydrogen-bond acceptors (Lipinski definition) is 3. The van der Waals surface area contributed by atoms with Crippen molar-refractivity contribution < 1.29 is 4.39 Å². The third kappa shape index (κ3) is 2.27. The summed E-state index contributed by atoms with van der Waals surface area (Å²) in [7, 11) is 1.75. The van der Waals surface area contributed by atoms with E-state index in [0.29, 0.717) is 17.1 Å². The number of nitrogens with two attached hydrogens (primary N) is 1. The third-order valence-electron chi connectivity index (χ3n) is 3.44. The van der Waals surface area contributed by atoms with Crippen LogP contribution in [0.25, 0.3) is 22.4 Å². The van der Waals surface area contributed by atoms with Crippen LogP contribution in [-0.2, 0) is 7.05 Å². The summed E-state index contributed by atoms with van der Waals surface area (Å²) in [5.41, 5.74) is 9.68. The molecule has 0 unspecified atom stereocenters. The fourth-order valence-corrected chi connectivity index (χ4v) is 2.35. The van der Waals surface area contributed by atoms with Crippen LogP contribution in [0.4, 0.5) is 10.2 Å². The molecule has 2 N–H and O–H groups in total. The third-order valence-corrected chi connectivity index (χ3v) is 3.44. The zero-order valence-electron chi connectivity index (χ0n) is 11.8. The van der Waals surface area contributed by atoms with Gasteiger partial charge >= 0.3 is 0 Å². The van der Waals surface area contributed by atoms with Crippen molar-refractivity contribution >= 4 is 5.82 Å². The number of aromatic nitrogens is 3. The molecule has 0 atom stereocenters. The summed E-state index contributed by atoms with van der Waals surface area (Å²) in [6.07, 6.45) is 3.36. The lowest BCUT2D eigenvalue weighted by molar-refractivity contribution is 0.629. The first-order chi connectivity index (χ1) is 10.1. The summed E-state index contributed by atoms with van der Waals surface area (Å²) in [5.74, 6) is 0.186.